The average Bonchev–Trinajstić information content (AvgIpc) is 2.50. The molecule has 0 unspecified atom stereocenters. The van der Waals surface area contributed by atoms with Crippen molar-refractivity contribution < 1.29 is 14.3 Å². The molecule has 114 valence electrons. The summed E-state index contributed by atoms with van der Waals surface area (Å²) in [5.41, 5.74) is 6.12. The first-order valence-electron chi connectivity index (χ1n) is 7.21. The first kappa shape index (κ1) is 15.3. The van der Waals surface area contributed by atoms with E-state index in [1.165, 1.54) is 0 Å². The van der Waals surface area contributed by atoms with Crippen molar-refractivity contribution >= 4 is 17.5 Å². The smallest absolute Gasteiger partial charge is 0.265 e. The van der Waals surface area contributed by atoms with Crippen LogP contribution in [0.25, 0.3) is 0 Å². The molecule has 6 heteroatoms. The van der Waals surface area contributed by atoms with Crippen LogP contribution >= 0.6 is 0 Å². The molecule has 3 N–H and O–H groups in total. The molecule has 0 saturated carbocycles. The fraction of sp³-hybridized carbons (Fsp3) is 0.467. The summed E-state index contributed by atoms with van der Waals surface area (Å²) in [6.45, 7) is 1.65. The molecule has 1 aliphatic heterocycles. The highest BCUT2D eigenvalue weighted by molar-refractivity contribution is 5.98. The minimum Gasteiger partial charge on any atom is -0.482 e. The highest BCUT2D eigenvalue weighted by atomic mass is 16.5. The summed E-state index contributed by atoms with van der Waals surface area (Å²) in [7, 11) is 0. The van der Waals surface area contributed by atoms with Gasteiger partial charge >= 0.3 is 0 Å². The number of carbonyl (C=O) groups excluding carboxylic acids is 2. The summed E-state index contributed by atoms with van der Waals surface area (Å²) in [6.07, 6.45) is 2.06. The van der Waals surface area contributed by atoms with Crippen LogP contribution in [0, 0.1) is 0 Å². The van der Waals surface area contributed by atoms with Crippen LogP contribution in [0.15, 0.2) is 24.3 Å². The van der Waals surface area contributed by atoms with Gasteiger partial charge in [0.1, 0.15) is 5.75 Å². The third kappa shape index (κ3) is 4.19. The maximum absolute atomic E-state index is 11.9. The molecule has 1 aliphatic rings. The number of hydrogen-bond donors (Lipinski definition) is 2. The number of ether oxygens (including phenoxy) is 1. The van der Waals surface area contributed by atoms with E-state index in [0.29, 0.717) is 25.4 Å². The molecule has 0 spiro atoms. The molecule has 1 heterocycles. The van der Waals surface area contributed by atoms with Gasteiger partial charge in [-0.05, 0) is 31.5 Å². The predicted molar refractivity (Wildman–Crippen MR) is 80.2 cm³/mol. The van der Waals surface area contributed by atoms with Gasteiger partial charge < -0.3 is 20.7 Å². The normalized spacial score (nSPS) is 13.6. The highest BCUT2D eigenvalue weighted by Crippen LogP contribution is 2.31. The summed E-state index contributed by atoms with van der Waals surface area (Å²) in [6, 6.07) is 7.35. The fourth-order valence-electron chi connectivity index (χ4n) is 2.20. The van der Waals surface area contributed by atoms with Crippen LogP contribution in [-0.4, -0.2) is 38.1 Å². The van der Waals surface area contributed by atoms with E-state index in [4.69, 9.17) is 10.5 Å². The SMILES string of the molecule is NCCCCNC(=O)CCN1C(=O)COc2ccccc21. The second-order valence-electron chi connectivity index (χ2n) is 4.90. The molecule has 0 radical (unpaired) electrons. The van der Waals surface area contributed by atoms with Crippen LogP contribution in [0.5, 0.6) is 5.75 Å². The van der Waals surface area contributed by atoms with E-state index in [1.54, 1.807) is 4.90 Å². The summed E-state index contributed by atoms with van der Waals surface area (Å²) in [5.74, 6) is 0.508. The molecule has 6 nitrogen and oxygen atoms in total. The third-order valence-electron chi connectivity index (χ3n) is 3.32. The zero-order valence-electron chi connectivity index (χ0n) is 12.0. The van der Waals surface area contributed by atoms with E-state index < -0.39 is 0 Å². The predicted octanol–water partition coefficient (Wildman–Crippen LogP) is 0.657. The van der Waals surface area contributed by atoms with Crippen molar-refractivity contribution in [3.8, 4) is 5.75 Å². The Morgan fingerprint density at radius 3 is 2.95 bits per heavy atom. The Bertz CT molecular complexity index is 505. The molecule has 1 aromatic carbocycles. The summed E-state index contributed by atoms with van der Waals surface area (Å²) >= 11 is 0. The summed E-state index contributed by atoms with van der Waals surface area (Å²) in [5, 5.41) is 2.83. The van der Waals surface area contributed by atoms with Gasteiger partial charge in [-0.25, -0.2) is 0 Å². The number of carbonyl (C=O) groups is 2. The number of nitrogens with one attached hydrogen (secondary N) is 1. The first-order valence-corrected chi connectivity index (χ1v) is 7.21. The number of amides is 2. The molecule has 21 heavy (non-hydrogen) atoms. The Hall–Kier alpha value is -2.08. The van der Waals surface area contributed by atoms with Crippen LogP contribution in [0.3, 0.4) is 0 Å². The molecule has 0 bridgehead atoms. The molecule has 0 saturated heterocycles. The van der Waals surface area contributed by atoms with Gasteiger partial charge in [0.05, 0.1) is 5.69 Å². The Kier molecular flexibility index (Phi) is 5.57. The van der Waals surface area contributed by atoms with Gasteiger partial charge in [-0.1, -0.05) is 12.1 Å². The van der Waals surface area contributed by atoms with Crippen LogP contribution in [0.4, 0.5) is 5.69 Å². The van der Waals surface area contributed by atoms with Crippen molar-refractivity contribution in [1.82, 2.24) is 5.32 Å². The van der Waals surface area contributed by atoms with Gasteiger partial charge in [0, 0.05) is 19.5 Å². The quantitative estimate of drug-likeness (QED) is 0.723. The monoisotopic (exact) mass is 291 g/mol. The Balaban J connectivity index is 1.85. The number of para-hydroxylation sites is 2. The molecule has 2 amide bonds. The lowest BCUT2D eigenvalue weighted by Crippen LogP contribution is -2.41. The summed E-state index contributed by atoms with van der Waals surface area (Å²) < 4.78 is 5.36. The molecule has 0 fully saturated rings. The molecular formula is C15H21N3O3. The van der Waals surface area contributed by atoms with Crippen molar-refractivity contribution in [1.29, 1.82) is 0 Å². The van der Waals surface area contributed by atoms with E-state index in [-0.39, 0.29) is 24.8 Å². The average molecular weight is 291 g/mol. The minimum atomic E-state index is -0.121. The van der Waals surface area contributed by atoms with Crippen LogP contribution in [0.2, 0.25) is 0 Å². The summed E-state index contributed by atoms with van der Waals surface area (Å²) in [4.78, 5) is 25.3. The van der Waals surface area contributed by atoms with Crippen LogP contribution in [-0.2, 0) is 9.59 Å². The molecule has 0 atom stereocenters. The van der Waals surface area contributed by atoms with Crippen molar-refractivity contribution in [2.45, 2.75) is 19.3 Å². The van der Waals surface area contributed by atoms with Crippen molar-refractivity contribution in [3.05, 3.63) is 24.3 Å². The second-order valence-corrected chi connectivity index (χ2v) is 4.90. The number of rotatable bonds is 7. The highest BCUT2D eigenvalue weighted by Gasteiger charge is 2.25. The molecular weight excluding hydrogens is 270 g/mol. The number of benzene rings is 1. The first-order chi connectivity index (χ1) is 10.2. The fourth-order valence-corrected chi connectivity index (χ4v) is 2.20. The zero-order valence-corrected chi connectivity index (χ0v) is 12.0. The number of anilines is 1. The van der Waals surface area contributed by atoms with E-state index >= 15 is 0 Å². The van der Waals surface area contributed by atoms with Gasteiger partial charge in [-0.15, -0.1) is 0 Å². The Morgan fingerprint density at radius 2 is 2.14 bits per heavy atom. The number of fused-ring (bicyclic) bond motifs is 1. The van der Waals surface area contributed by atoms with Gasteiger partial charge in [0.25, 0.3) is 5.91 Å². The molecule has 1 aromatic rings. The third-order valence-corrected chi connectivity index (χ3v) is 3.32. The van der Waals surface area contributed by atoms with Gasteiger partial charge in [-0.2, -0.15) is 0 Å². The second kappa shape index (κ2) is 7.64. The van der Waals surface area contributed by atoms with Crippen molar-refractivity contribution in [2.75, 3.05) is 31.1 Å². The lowest BCUT2D eigenvalue weighted by atomic mass is 10.2. The van der Waals surface area contributed by atoms with Crippen molar-refractivity contribution in [3.63, 3.8) is 0 Å². The van der Waals surface area contributed by atoms with E-state index in [0.717, 1.165) is 18.5 Å². The van der Waals surface area contributed by atoms with Gasteiger partial charge in [-0.3, -0.25) is 9.59 Å². The van der Waals surface area contributed by atoms with Crippen LogP contribution < -0.4 is 20.7 Å². The zero-order chi connectivity index (χ0) is 15.1. The number of nitrogens with two attached hydrogens (primary N) is 1. The Labute approximate surface area is 124 Å². The Morgan fingerprint density at radius 1 is 1.33 bits per heavy atom. The van der Waals surface area contributed by atoms with E-state index in [2.05, 4.69) is 5.32 Å². The minimum absolute atomic E-state index is 0.0229. The maximum atomic E-state index is 11.9. The number of unbranched alkanes of at least 4 members (excludes halogenated alkanes) is 1. The molecule has 2 rings (SSSR count). The standard InChI is InChI=1S/C15H21N3O3/c16-8-3-4-9-17-14(19)7-10-18-12-5-1-2-6-13(12)21-11-15(18)20/h1-2,5-6H,3-4,7-11,16H2,(H,17,19). The molecule has 0 aliphatic carbocycles. The molecule has 0 aromatic heterocycles. The van der Waals surface area contributed by atoms with E-state index in [9.17, 15) is 9.59 Å². The van der Waals surface area contributed by atoms with E-state index in [1.807, 2.05) is 24.3 Å². The van der Waals surface area contributed by atoms with Crippen LogP contribution in [0.1, 0.15) is 19.3 Å². The lowest BCUT2D eigenvalue weighted by molar-refractivity contribution is -0.122. The maximum Gasteiger partial charge on any atom is 0.265 e. The van der Waals surface area contributed by atoms with Crippen molar-refractivity contribution in [2.24, 2.45) is 5.73 Å². The number of hydrogen-bond acceptors (Lipinski definition) is 4. The lowest BCUT2D eigenvalue weighted by Gasteiger charge is -2.29. The van der Waals surface area contributed by atoms with Gasteiger partial charge in [0.2, 0.25) is 5.91 Å². The topological polar surface area (TPSA) is 84.7 Å². The van der Waals surface area contributed by atoms with Gasteiger partial charge in [0.15, 0.2) is 6.61 Å². The largest absolute Gasteiger partial charge is 0.482 e. The number of nitrogens with zero attached hydrogens (tertiary/aromatic N) is 1.